The molecule has 1 aliphatic heterocycles. The van der Waals surface area contributed by atoms with E-state index in [0.29, 0.717) is 35.4 Å². The maximum atomic E-state index is 13.5. The van der Waals surface area contributed by atoms with Gasteiger partial charge in [-0.25, -0.2) is 9.37 Å². The number of carbonyl (C=O) groups excluding carboxylic acids is 1. The average molecular weight is 365 g/mol. The van der Waals surface area contributed by atoms with Gasteiger partial charge in [0.05, 0.1) is 12.7 Å². The maximum absolute atomic E-state index is 13.5. The van der Waals surface area contributed by atoms with Crippen molar-refractivity contribution < 1.29 is 13.6 Å². The van der Waals surface area contributed by atoms with Gasteiger partial charge in [-0.2, -0.15) is 4.98 Å². The molecule has 1 fully saturated rings. The van der Waals surface area contributed by atoms with Gasteiger partial charge in [0.2, 0.25) is 0 Å². The number of nitrogens with zero attached hydrogens (tertiary/aromatic N) is 4. The van der Waals surface area contributed by atoms with Gasteiger partial charge in [-0.05, 0) is 41.8 Å². The number of imidazole rings is 1. The van der Waals surface area contributed by atoms with Gasteiger partial charge in [-0.15, -0.1) is 0 Å². The van der Waals surface area contributed by atoms with Crippen molar-refractivity contribution in [2.24, 2.45) is 0 Å². The summed E-state index contributed by atoms with van der Waals surface area (Å²) in [6.45, 7) is 0.563. The normalized spacial score (nSPS) is 17.2. The van der Waals surface area contributed by atoms with Crippen LogP contribution < -0.4 is 5.73 Å². The molecule has 0 radical (unpaired) electrons. The van der Waals surface area contributed by atoms with Crippen LogP contribution in [0, 0.1) is 0 Å². The largest absolute Gasteiger partial charge is 0.424 e. The molecule has 0 spiro atoms. The van der Waals surface area contributed by atoms with Crippen LogP contribution >= 0.6 is 0 Å². The van der Waals surface area contributed by atoms with Gasteiger partial charge in [0.15, 0.2) is 5.58 Å². The quantitative estimate of drug-likeness (QED) is 0.590. The Morgan fingerprint density at radius 3 is 2.93 bits per heavy atom. The first-order chi connectivity index (χ1) is 13.1. The number of carbonyl (C=O) groups is 1. The van der Waals surface area contributed by atoms with Gasteiger partial charge in [-0.1, -0.05) is 6.07 Å². The molecule has 7 nitrogen and oxygen atoms in total. The summed E-state index contributed by atoms with van der Waals surface area (Å²) < 4.78 is 20.5. The van der Waals surface area contributed by atoms with E-state index in [4.69, 9.17) is 10.2 Å². The fraction of sp³-hybridized carbons (Fsp3) is 0.211. The highest BCUT2D eigenvalue weighted by molar-refractivity contribution is 5.93. The predicted octanol–water partition coefficient (Wildman–Crippen LogP) is 2.91. The minimum absolute atomic E-state index is 0.122. The highest BCUT2D eigenvalue weighted by atomic mass is 19.1. The zero-order valence-corrected chi connectivity index (χ0v) is 14.3. The van der Waals surface area contributed by atoms with E-state index < -0.39 is 6.17 Å². The van der Waals surface area contributed by atoms with Crippen molar-refractivity contribution >= 4 is 28.7 Å². The number of pyridine rings is 1. The summed E-state index contributed by atoms with van der Waals surface area (Å²) >= 11 is 0. The van der Waals surface area contributed by atoms with E-state index in [9.17, 15) is 9.18 Å². The molecule has 4 aromatic rings. The van der Waals surface area contributed by atoms with Crippen molar-refractivity contribution in [2.45, 2.75) is 12.6 Å². The van der Waals surface area contributed by atoms with Gasteiger partial charge in [-0.3, -0.25) is 9.20 Å². The summed E-state index contributed by atoms with van der Waals surface area (Å²) in [5.41, 5.74) is 9.77. The number of alkyl halides is 1. The van der Waals surface area contributed by atoms with Crippen LogP contribution in [0.15, 0.2) is 47.1 Å². The van der Waals surface area contributed by atoms with Crippen molar-refractivity contribution in [1.82, 2.24) is 19.3 Å². The van der Waals surface area contributed by atoms with Crippen molar-refractivity contribution in [3.8, 4) is 11.1 Å². The molecule has 3 aromatic heterocycles. The molecule has 5 rings (SSSR count). The number of aromatic nitrogens is 3. The van der Waals surface area contributed by atoms with Gasteiger partial charge in [0.1, 0.15) is 23.0 Å². The van der Waals surface area contributed by atoms with Gasteiger partial charge in [0.25, 0.3) is 11.9 Å². The third-order valence-corrected chi connectivity index (χ3v) is 4.88. The molecular formula is C19H16FN5O2. The third kappa shape index (κ3) is 2.61. The first-order valence-corrected chi connectivity index (χ1v) is 8.65. The summed E-state index contributed by atoms with van der Waals surface area (Å²) in [4.78, 5) is 22.7. The molecule has 4 heterocycles. The highest BCUT2D eigenvalue weighted by Gasteiger charge is 2.28. The van der Waals surface area contributed by atoms with Gasteiger partial charge < -0.3 is 15.1 Å². The number of oxazole rings is 1. The minimum atomic E-state index is -0.953. The first-order valence-electron chi connectivity index (χ1n) is 8.65. The number of anilines is 1. The molecule has 1 amide bonds. The number of likely N-dealkylation sites (tertiary alicyclic amines) is 1. The SMILES string of the molecule is Nc1nc2cc(-c3ccc4ncc(C(=O)N5CCC(F)C5)n4c3)ccc2o1. The Bertz CT molecular complexity index is 1180. The Morgan fingerprint density at radius 2 is 2.11 bits per heavy atom. The summed E-state index contributed by atoms with van der Waals surface area (Å²) in [6, 6.07) is 9.48. The smallest absolute Gasteiger partial charge is 0.292 e. The molecule has 1 aliphatic rings. The highest BCUT2D eigenvalue weighted by Crippen LogP contribution is 2.26. The molecule has 1 atom stereocenters. The number of benzene rings is 1. The second-order valence-electron chi connectivity index (χ2n) is 6.66. The lowest BCUT2D eigenvalue weighted by atomic mass is 10.1. The van der Waals surface area contributed by atoms with Crippen LogP contribution in [-0.2, 0) is 0 Å². The summed E-state index contributed by atoms with van der Waals surface area (Å²) in [7, 11) is 0. The second-order valence-corrected chi connectivity index (χ2v) is 6.66. The van der Waals surface area contributed by atoms with Crippen LogP contribution in [0.5, 0.6) is 0 Å². The van der Waals surface area contributed by atoms with E-state index in [2.05, 4.69) is 9.97 Å². The molecule has 1 unspecified atom stereocenters. The number of nitrogen functional groups attached to an aromatic ring is 1. The third-order valence-electron chi connectivity index (χ3n) is 4.88. The van der Waals surface area contributed by atoms with E-state index in [1.165, 1.54) is 11.1 Å². The molecular weight excluding hydrogens is 349 g/mol. The lowest BCUT2D eigenvalue weighted by Gasteiger charge is -2.14. The van der Waals surface area contributed by atoms with Crippen molar-refractivity contribution in [1.29, 1.82) is 0 Å². The Morgan fingerprint density at radius 1 is 1.26 bits per heavy atom. The van der Waals surface area contributed by atoms with E-state index >= 15 is 0 Å². The summed E-state index contributed by atoms with van der Waals surface area (Å²) in [5.74, 6) is -0.209. The molecule has 0 bridgehead atoms. The second kappa shape index (κ2) is 5.80. The molecule has 1 saturated heterocycles. The van der Waals surface area contributed by atoms with Crippen LogP contribution in [0.3, 0.4) is 0 Å². The Kier molecular flexibility index (Phi) is 3.40. The fourth-order valence-corrected chi connectivity index (χ4v) is 3.50. The van der Waals surface area contributed by atoms with Crippen molar-refractivity contribution in [3.05, 3.63) is 48.4 Å². The van der Waals surface area contributed by atoms with E-state index in [1.54, 1.807) is 4.40 Å². The zero-order chi connectivity index (χ0) is 18.5. The molecule has 0 saturated carbocycles. The first kappa shape index (κ1) is 15.8. The van der Waals surface area contributed by atoms with Crippen molar-refractivity contribution in [2.75, 3.05) is 18.8 Å². The lowest BCUT2D eigenvalue weighted by molar-refractivity contribution is 0.0776. The number of hydrogen-bond donors (Lipinski definition) is 1. The monoisotopic (exact) mass is 365 g/mol. The number of hydrogen-bond acceptors (Lipinski definition) is 5. The van der Waals surface area contributed by atoms with E-state index in [-0.39, 0.29) is 18.5 Å². The topological polar surface area (TPSA) is 89.7 Å². The fourth-order valence-electron chi connectivity index (χ4n) is 3.50. The predicted molar refractivity (Wildman–Crippen MR) is 98.0 cm³/mol. The standard InChI is InChI=1S/C19H16FN5O2/c20-13-5-6-24(10-13)18(26)15-8-22-17-4-2-12(9-25(15)17)11-1-3-16-14(7-11)23-19(21)27-16/h1-4,7-9,13H,5-6,10H2,(H2,21,23). The number of fused-ring (bicyclic) bond motifs is 2. The lowest BCUT2D eigenvalue weighted by Crippen LogP contribution is -2.29. The summed E-state index contributed by atoms with van der Waals surface area (Å²) in [6.07, 6.45) is 2.82. The average Bonchev–Trinajstić information content (AvgIpc) is 3.36. The van der Waals surface area contributed by atoms with Crippen molar-refractivity contribution in [3.63, 3.8) is 0 Å². The Balaban J connectivity index is 1.56. The number of halogens is 1. The Hall–Kier alpha value is -3.42. The maximum Gasteiger partial charge on any atom is 0.292 e. The van der Waals surface area contributed by atoms with Gasteiger partial charge in [0, 0.05) is 12.7 Å². The number of nitrogens with two attached hydrogens (primary N) is 1. The van der Waals surface area contributed by atoms with Crippen LogP contribution in [0.4, 0.5) is 10.4 Å². The molecule has 0 aliphatic carbocycles. The zero-order valence-electron chi connectivity index (χ0n) is 14.3. The van der Waals surface area contributed by atoms with Gasteiger partial charge >= 0.3 is 0 Å². The molecule has 136 valence electrons. The molecule has 1 aromatic carbocycles. The van der Waals surface area contributed by atoms with E-state index in [1.807, 2.05) is 36.5 Å². The van der Waals surface area contributed by atoms with Crippen LogP contribution in [-0.4, -0.2) is 44.4 Å². The Labute approximate surface area is 153 Å². The minimum Gasteiger partial charge on any atom is -0.424 e. The molecule has 27 heavy (non-hydrogen) atoms. The summed E-state index contributed by atoms with van der Waals surface area (Å²) in [5, 5.41) is 0. The van der Waals surface area contributed by atoms with Crippen LogP contribution in [0.25, 0.3) is 27.9 Å². The van der Waals surface area contributed by atoms with Crippen LogP contribution in [0.1, 0.15) is 16.9 Å². The molecule has 2 N–H and O–H groups in total. The number of amides is 1. The molecule has 8 heteroatoms. The van der Waals surface area contributed by atoms with E-state index in [0.717, 1.165) is 11.1 Å². The van der Waals surface area contributed by atoms with Crippen LogP contribution in [0.2, 0.25) is 0 Å². The number of rotatable bonds is 2.